The number of nitrogens with two attached hydrogens (primary N) is 1. The normalized spacial score (nSPS) is 14.4. The van der Waals surface area contributed by atoms with E-state index in [0.717, 1.165) is 56.1 Å². The lowest BCUT2D eigenvalue weighted by Gasteiger charge is -2.28. The molecule has 0 saturated carbocycles. The quantitative estimate of drug-likeness (QED) is 0.395. The van der Waals surface area contributed by atoms with Crippen molar-refractivity contribution in [3.8, 4) is 0 Å². The Hall–Kier alpha value is -2.51. The summed E-state index contributed by atoms with van der Waals surface area (Å²) in [6, 6.07) is 8.01. The number of carbonyl (C=O) groups excluding carboxylic acids is 1. The zero-order chi connectivity index (χ0) is 17.5. The molecule has 4 N–H and O–H groups in total. The van der Waals surface area contributed by atoms with Gasteiger partial charge in [-0.25, -0.2) is 10.8 Å². The highest BCUT2D eigenvalue weighted by molar-refractivity contribution is 5.77. The smallest absolute Gasteiger partial charge is 0.238 e. The number of anilines is 1. The highest BCUT2D eigenvalue weighted by Crippen LogP contribution is 2.12. The van der Waals surface area contributed by atoms with Gasteiger partial charge in [0, 0.05) is 26.2 Å². The maximum Gasteiger partial charge on any atom is 0.238 e. The summed E-state index contributed by atoms with van der Waals surface area (Å²) >= 11 is 0. The molecule has 0 atom stereocenters. The van der Waals surface area contributed by atoms with Gasteiger partial charge in [0.05, 0.1) is 24.5 Å². The zero-order valence-electron chi connectivity index (χ0n) is 14.2. The van der Waals surface area contributed by atoms with Crippen LogP contribution in [-0.2, 0) is 24.1 Å². The number of nitrogens with one attached hydrogen (secondary N) is 2. The van der Waals surface area contributed by atoms with Gasteiger partial charge in [-0.15, -0.1) is 0 Å². The molecular weight excluding hydrogens is 316 g/mol. The molecule has 7 heteroatoms. The first-order valence-corrected chi connectivity index (χ1v) is 8.58. The average molecular weight is 340 g/mol. The first-order valence-electron chi connectivity index (χ1n) is 8.58. The molecule has 1 aromatic carbocycles. The Labute approximate surface area is 147 Å². The van der Waals surface area contributed by atoms with Gasteiger partial charge in [0.15, 0.2) is 0 Å². The van der Waals surface area contributed by atoms with E-state index in [9.17, 15) is 4.79 Å². The molecule has 2 aromatic rings. The number of aryl methyl sites for hydroxylation is 2. The Kier molecular flexibility index (Phi) is 5.92. The molecule has 1 saturated heterocycles. The molecule has 3 rings (SSSR count). The summed E-state index contributed by atoms with van der Waals surface area (Å²) in [7, 11) is 0. The first-order chi connectivity index (χ1) is 12.2. The van der Waals surface area contributed by atoms with Crippen LogP contribution in [0, 0.1) is 0 Å². The fourth-order valence-electron chi connectivity index (χ4n) is 2.87. The van der Waals surface area contributed by atoms with Gasteiger partial charge in [0.25, 0.3) is 0 Å². The van der Waals surface area contributed by atoms with Gasteiger partial charge in [-0.05, 0) is 24.0 Å². The third-order valence-electron chi connectivity index (χ3n) is 4.35. The van der Waals surface area contributed by atoms with Crippen LogP contribution < -0.4 is 21.5 Å². The number of hydrogen-bond donors (Lipinski definition) is 3. The van der Waals surface area contributed by atoms with Crippen LogP contribution in [0.3, 0.4) is 0 Å². The summed E-state index contributed by atoms with van der Waals surface area (Å²) in [4.78, 5) is 22.6. The van der Waals surface area contributed by atoms with Crippen LogP contribution in [0.25, 0.3) is 0 Å². The van der Waals surface area contributed by atoms with E-state index in [-0.39, 0.29) is 5.91 Å². The van der Waals surface area contributed by atoms with Gasteiger partial charge in [0.1, 0.15) is 5.82 Å². The second kappa shape index (κ2) is 8.55. The molecule has 2 heterocycles. The second-order valence-electron chi connectivity index (χ2n) is 6.16. The van der Waals surface area contributed by atoms with E-state index in [4.69, 9.17) is 5.84 Å². The molecule has 1 aliphatic rings. The summed E-state index contributed by atoms with van der Waals surface area (Å²) in [5.41, 5.74) is 5.30. The zero-order valence-corrected chi connectivity index (χ0v) is 14.2. The van der Waals surface area contributed by atoms with Gasteiger partial charge in [-0.1, -0.05) is 24.3 Å². The molecule has 1 fully saturated rings. The number of piperazine rings is 1. The van der Waals surface area contributed by atoms with Crippen molar-refractivity contribution in [3.63, 3.8) is 0 Å². The molecule has 0 radical (unpaired) electrons. The Balaban J connectivity index is 1.52. The van der Waals surface area contributed by atoms with Crippen LogP contribution in [-0.4, -0.2) is 42.1 Å². The summed E-state index contributed by atoms with van der Waals surface area (Å²) < 4.78 is 0. The number of hydrazine groups is 1. The lowest BCUT2D eigenvalue weighted by atomic mass is 10.0. The van der Waals surface area contributed by atoms with Crippen molar-refractivity contribution < 1.29 is 4.79 Å². The minimum absolute atomic E-state index is 0.187. The van der Waals surface area contributed by atoms with Crippen LogP contribution in [0.15, 0.2) is 36.7 Å². The van der Waals surface area contributed by atoms with Gasteiger partial charge < -0.3 is 10.2 Å². The largest absolute Gasteiger partial charge is 0.353 e. The molecule has 0 aliphatic carbocycles. The van der Waals surface area contributed by atoms with Crippen molar-refractivity contribution >= 4 is 11.7 Å². The average Bonchev–Trinajstić information content (AvgIpc) is 2.68. The van der Waals surface area contributed by atoms with Gasteiger partial charge in [-0.2, -0.15) is 0 Å². The third-order valence-corrected chi connectivity index (χ3v) is 4.35. The van der Waals surface area contributed by atoms with Crippen LogP contribution in [0.1, 0.15) is 16.8 Å². The van der Waals surface area contributed by atoms with Gasteiger partial charge in [-0.3, -0.25) is 15.2 Å². The Morgan fingerprint density at radius 1 is 1.08 bits per heavy atom. The lowest BCUT2D eigenvalue weighted by Crippen LogP contribution is -2.43. The fraction of sp³-hybridized carbons (Fsp3) is 0.389. The monoisotopic (exact) mass is 340 g/mol. The number of nitrogens with zero attached hydrogens (tertiary/aromatic N) is 3. The minimum Gasteiger partial charge on any atom is -0.353 e. The molecule has 1 aliphatic heterocycles. The topological polar surface area (TPSA) is 96.2 Å². The Morgan fingerprint density at radius 3 is 2.44 bits per heavy atom. The van der Waals surface area contributed by atoms with Crippen LogP contribution in [0.5, 0.6) is 0 Å². The van der Waals surface area contributed by atoms with E-state index in [1.165, 1.54) is 5.56 Å². The lowest BCUT2D eigenvalue weighted by molar-refractivity contribution is -0.120. The van der Waals surface area contributed by atoms with Crippen LogP contribution in [0.2, 0.25) is 0 Å². The molecule has 25 heavy (non-hydrogen) atoms. The van der Waals surface area contributed by atoms with Crippen molar-refractivity contribution in [2.75, 3.05) is 31.1 Å². The van der Waals surface area contributed by atoms with Crippen LogP contribution >= 0.6 is 0 Å². The summed E-state index contributed by atoms with van der Waals surface area (Å²) in [6.45, 7) is 3.93. The number of hydrogen-bond acceptors (Lipinski definition) is 6. The summed E-state index contributed by atoms with van der Waals surface area (Å²) in [6.07, 6.45) is 5.78. The summed E-state index contributed by atoms with van der Waals surface area (Å²) in [5, 5.41) is 3.33. The van der Waals surface area contributed by atoms with E-state index < -0.39 is 0 Å². The Bertz CT molecular complexity index is 680. The first kappa shape index (κ1) is 17.3. The predicted molar refractivity (Wildman–Crippen MR) is 97.0 cm³/mol. The second-order valence-corrected chi connectivity index (χ2v) is 6.16. The highest BCUT2D eigenvalue weighted by Gasteiger charge is 2.11. The number of carbonyl (C=O) groups is 1. The molecule has 0 bridgehead atoms. The van der Waals surface area contributed by atoms with Crippen molar-refractivity contribution in [1.29, 1.82) is 0 Å². The number of rotatable bonds is 6. The van der Waals surface area contributed by atoms with E-state index >= 15 is 0 Å². The SMILES string of the molecule is NNC(=O)Cc1ccc(CCc2cnc(N3CCNCC3)cn2)cc1. The van der Waals surface area contributed by atoms with Gasteiger partial charge >= 0.3 is 0 Å². The van der Waals surface area contributed by atoms with E-state index in [1.807, 2.05) is 36.7 Å². The molecule has 0 spiro atoms. The number of benzene rings is 1. The maximum absolute atomic E-state index is 11.3. The Morgan fingerprint density at radius 2 is 1.80 bits per heavy atom. The molecule has 0 unspecified atom stereocenters. The third kappa shape index (κ3) is 4.98. The van der Waals surface area contributed by atoms with Crippen LogP contribution in [0.4, 0.5) is 5.82 Å². The van der Waals surface area contributed by atoms with E-state index in [1.54, 1.807) is 0 Å². The number of aromatic nitrogens is 2. The van der Waals surface area contributed by atoms with E-state index in [2.05, 4.69) is 25.6 Å². The van der Waals surface area contributed by atoms with E-state index in [0.29, 0.717) is 6.42 Å². The molecule has 1 amide bonds. The van der Waals surface area contributed by atoms with Crippen molar-refractivity contribution in [2.24, 2.45) is 5.84 Å². The van der Waals surface area contributed by atoms with Crippen molar-refractivity contribution in [2.45, 2.75) is 19.3 Å². The standard InChI is InChI=1S/C18H24N6O/c19-23-18(25)11-15-3-1-14(2-4-15)5-6-16-12-22-17(13-21-16)24-9-7-20-8-10-24/h1-4,12-13,20H,5-11,19H2,(H,23,25). The number of amides is 1. The van der Waals surface area contributed by atoms with Crippen molar-refractivity contribution in [1.82, 2.24) is 20.7 Å². The maximum atomic E-state index is 11.3. The van der Waals surface area contributed by atoms with Crippen molar-refractivity contribution in [3.05, 3.63) is 53.5 Å². The molecular formula is C18H24N6O. The minimum atomic E-state index is -0.187. The fourth-order valence-corrected chi connectivity index (χ4v) is 2.87. The summed E-state index contributed by atoms with van der Waals surface area (Å²) in [5.74, 6) is 5.87. The molecule has 1 aromatic heterocycles. The molecule has 7 nitrogen and oxygen atoms in total. The highest BCUT2D eigenvalue weighted by atomic mass is 16.2. The predicted octanol–water partition coefficient (Wildman–Crippen LogP) is 0.204. The van der Waals surface area contributed by atoms with Gasteiger partial charge in [0.2, 0.25) is 5.91 Å². The molecule has 132 valence electrons.